The van der Waals surface area contributed by atoms with Gasteiger partial charge in [0, 0.05) is 19.7 Å². The molecule has 0 radical (unpaired) electrons. The molecule has 0 bridgehead atoms. The molecule has 1 unspecified atom stereocenters. The molecule has 17 heavy (non-hydrogen) atoms. The van der Waals surface area contributed by atoms with Crippen LogP contribution < -0.4 is 5.32 Å². The van der Waals surface area contributed by atoms with Gasteiger partial charge in [0.15, 0.2) is 0 Å². The summed E-state index contributed by atoms with van der Waals surface area (Å²) in [5.41, 5.74) is 2.88. The molecule has 1 rings (SSSR count). The molecule has 1 N–H and O–H groups in total. The zero-order valence-electron chi connectivity index (χ0n) is 11.7. The van der Waals surface area contributed by atoms with Crippen molar-refractivity contribution in [2.24, 2.45) is 5.41 Å². The Bertz CT molecular complexity index is 341. The fourth-order valence-corrected chi connectivity index (χ4v) is 1.60. The van der Waals surface area contributed by atoms with Crippen molar-refractivity contribution >= 4 is 0 Å². The second-order valence-electron chi connectivity index (χ2n) is 5.67. The average Bonchev–Trinajstić information content (AvgIpc) is 2.26. The van der Waals surface area contributed by atoms with Crippen molar-refractivity contribution in [1.82, 2.24) is 5.32 Å². The van der Waals surface area contributed by atoms with Crippen LogP contribution in [-0.2, 0) is 17.9 Å². The van der Waals surface area contributed by atoms with Crippen LogP contribution in [0.25, 0.3) is 0 Å². The van der Waals surface area contributed by atoms with E-state index in [4.69, 9.17) is 4.74 Å². The van der Waals surface area contributed by atoms with E-state index in [-0.39, 0.29) is 5.41 Å². The van der Waals surface area contributed by atoms with E-state index in [1.54, 1.807) is 7.11 Å². The first-order valence-electron chi connectivity index (χ1n) is 6.24. The third kappa shape index (κ3) is 4.49. The highest BCUT2D eigenvalue weighted by Gasteiger charge is 2.19. The number of nitrogens with one attached hydrogen (secondary N) is 1. The largest absolute Gasteiger partial charge is 0.380 e. The van der Waals surface area contributed by atoms with Gasteiger partial charge in [-0.3, -0.25) is 0 Å². The van der Waals surface area contributed by atoms with Crippen LogP contribution in [0.4, 0.5) is 0 Å². The van der Waals surface area contributed by atoms with Crippen LogP contribution in [0.2, 0.25) is 0 Å². The Morgan fingerprint density at radius 2 is 1.76 bits per heavy atom. The summed E-state index contributed by atoms with van der Waals surface area (Å²) in [5, 5.41) is 3.58. The van der Waals surface area contributed by atoms with Crippen LogP contribution in [0.5, 0.6) is 0 Å². The van der Waals surface area contributed by atoms with Crippen molar-refractivity contribution in [3.8, 4) is 0 Å². The molecule has 0 aliphatic carbocycles. The summed E-state index contributed by atoms with van der Waals surface area (Å²) in [5.74, 6) is 0. The lowest BCUT2D eigenvalue weighted by atomic mass is 9.88. The molecule has 0 saturated carbocycles. The van der Waals surface area contributed by atoms with E-state index in [9.17, 15) is 0 Å². The van der Waals surface area contributed by atoms with Crippen molar-refractivity contribution < 1.29 is 4.74 Å². The smallest absolute Gasteiger partial charge is 0.0716 e. The highest BCUT2D eigenvalue weighted by Crippen LogP contribution is 2.19. The molecule has 0 aliphatic rings. The predicted octanol–water partition coefficient (Wildman–Crippen LogP) is 3.36. The lowest BCUT2D eigenvalue weighted by molar-refractivity contribution is 0.183. The van der Waals surface area contributed by atoms with Crippen molar-refractivity contribution in [3.63, 3.8) is 0 Å². The van der Waals surface area contributed by atoms with Gasteiger partial charge in [0.05, 0.1) is 6.61 Å². The summed E-state index contributed by atoms with van der Waals surface area (Å²) in [6, 6.07) is 8.92. The first-order chi connectivity index (χ1) is 7.95. The van der Waals surface area contributed by atoms with Gasteiger partial charge >= 0.3 is 0 Å². The molecule has 2 heteroatoms. The van der Waals surface area contributed by atoms with Gasteiger partial charge in [-0.2, -0.15) is 0 Å². The van der Waals surface area contributed by atoms with Crippen LogP contribution in [0, 0.1) is 5.41 Å². The topological polar surface area (TPSA) is 21.3 Å². The van der Waals surface area contributed by atoms with E-state index >= 15 is 0 Å². The maximum Gasteiger partial charge on any atom is 0.0716 e. The van der Waals surface area contributed by atoms with Crippen molar-refractivity contribution in [1.29, 1.82) is 0 Å². The Morgan fingerprint density at radius 3 is 2.29 bits per heavy atom. The van der Waals surface area contributed by atoms with E-state index in [2.05, 4.69) is 57.3 Å². The Balaban J connectivity index is 2.63. The number of rotatable bonds is 5. The Kier molecular flexibility index (Phi) is 5.16. The molecule has 0 spiro atoms. The number of methoxy groups -OCH3 is 1. The maximum absolute atomic E-state index is 5.21. The molecule has 0 aliphatic heterocycles. The summed E-state index contributed by atoms with van der Waals surface area (Å²) < 4.78 is 5.21. The number of hydrogen-bond acceptors (Lipinski definition) is 2. The Hall–Kier alpha value is -0.860. The van der Waals surface area contributed by atoms with Gasteiger partial charge in [-0.05, 0) is 23.5 Å². The molecule has 2 nitrogen and oxygen atoms in total. The number of benzene rings is 1. The molecule has 0 aromatic heterocycles. The van der Waals surface area contributed by atoms with Gasteiger partial charge in [-0.25, -0.2) is 0 Å². The van der Waals surface area contributed by atoms with Crippen LogP contribution >= 0.6 is 0 Å². The standard InChI is InChI=1S/C15H25NO/c1-12(15(2,3)4)16-10-13-8-6-7-9-14(13)11-17-5/h6-9,12,16H,10-11H2,1-5H3. The van der Waals surface area contributed by atoms with Gasteiger partial charge in [0.1, 0.15) is 0 Å². The first kappa shape index (κ1) is 14.2. The van der Waals surface area contributed by atoms with Gasteiger partial charge in [-0.1, -0.05) is 45.0 Å². The third-order valence-electron chi connectivity index (χ3n) is 3.32. The molecular formula is C15H25NO. The molecule has 0 saturated heterocycles. The van der Waals surface area contributed by atoms with Crippen molar-refractivity contribution in [2.75, 3.05) is 7.11 Å². The van der Waals surface area contributed by atoms with E-state index < -0.39 is 0 Å². The van der Waals surface area contributed by atoms with Gasteiger partial charge < -0.3 is 10.1 Å². The zero-order valence-corrected chi connectivity index (χ0v) is 11.7. The molecule has 0 amide bonds. The first-order valence-corrected chi connectivity index (χ1v) is 6.24. The summed E-state index contributed by atoms with van der Waals surface area (Å²) in [4.78, 5) is 0. The highest BCUT2D eigenvalue weighted by atomic mass is 16.5. The minimum Gasteiger partial charge on any atom is -0.380 e. The predicted molar refractivity (Wildman–Crippen MR) is 72.9 cm³/mol. The van der Waals surface area contributed by atoms with Crippen LogP contribution in [0.15, 0.2) is 24.3 Å². The average molecular weight is 235 g/mol. The molecule has 1 aromatic rings. The lowest BCUT2D eigenvalue weighted by Crippen LogP contribution is -2.37. The minimum absolute atomic E-state index is 0.288. The number of hydrogen-bond donors (Lipinski definition) is 1. The Morgan fingerprint density at radius 1 is 1.18 bits per heavy atom. The van der Waals surface area contributed by atoms with Gasteiger partial charge in [0.25, 0.3) is 0 Å². The van der Waals surface area contributed by atoms with Crippen LogP contribution in [0.1, 0.15) is 38.8 Å². The second kappa shape index (κ2) is 6.18. The van der Waals surface area contributed by atoms with E-state index in [1.165, 1.54) is 11.1 Å². The van der Waals surface area contributed by atoms with Crippen molar-refractivity contribution in [3.05, 3.63) is 35.4 Å². The summed E-state index contributed by atoms with van der Waals surface area (Å²) in [6.07, 6.45) is 0. The summed E-state index contributed by atoms with van der Waals surface area (Å²) >= 11 is 0. The second-order valence-corrected chi connectivity index (χ2v) is 5.67. The van der Waals surface area contributed by atoms with Crippen molar-refractivity contribution in [2.45, 2.75) is 46.9 Å². The zero-order chi connectivity index (χ0) is 12.9. The minimum atomic E-state index is 0.288. The third-order valence-corrected chi connectivity index (χ3v) is 3.32. The van der Waals surface area contributed by atoms with E-state index in [0.29, 0.717) is 12.6 Å². The SMILES string of the molecule is COCc1ccccc1CNC(C)C(C)(C)C. The maximum atomic E-state index is 5.21. The molecule has 0 heterocycles. The molecule has 96 valence electrons. The van der Waals surface area contributed by atoms with E-state index in [1.807, 2.05) is 0 Å². The molecular weight excluding hydrogens is 210 g/mol. The van der Waals surface area contributed by atoms with Crippen LogP contribution in [0.3, 0.4) is 0 Å². The highest BCUT2D eigenvalue weighted by molar-refractivity contribution is 5.26. The van der Waals surface area contributed by atoms with Crippen LogP contribution in [-0.4, -0.2) is 13.2 Å². The fourth-order valence-electron chi connectivity index (χ4n) is 1.60. The summed E-state index contributed by atoms with van der Waals surface area (Å²) in [6.45, 7) is 10.6. The van der Waals surface area contributed by atoms with Gasteiger partial charge in [0.2, 0.25) is 0 Å². The fraction of sp³-hybridized carbons (Fsp3) is 0.600. The quantitative estimate of drug-likeness (QED) is 0.845. The molecule has 1 atom stereocenters. The lowest BCUT2D eigenvalue weighted by Gasteiger charge is -2.28. The van der Waals surface area contributed by atoms with Gasteiger partial charge in [-0.15, -0.1) is 0 Å². The normalized spacial score (nSPS) is 13.7. The van der Waals surface area contributed by atoms with E-state index in [0.717, 1.165) is 6.54 Å². The Labute approximate surface area is 105 Å². The monoisotopic (exact) mass is 235 g/mol. The number of ether oxygens (including phenoxy) is 1. The molecule has 0 fully saturated rings. The molecule has 1 aromatic carbocycles. The summed E-state index contributed by atoms with van der Waals surface area (Å²) in [7, 11) is 1.74.